The minimum Gasteiger partial charge on any atom is -0.494 e. The summed E-state index contributed by atoms with van der Waals surface area (Å²) in [6.45, 7) is 4.50. The zero-order valence-electron chi connectivity index (χ0n) is 29.5. The van der Waals surface area contributed by atoms with Gasteiger partial charge >= 0.3 is 0 Å². The average molecular weight is 645 g/mol. The molecule has 1 atom stereocenters. The number of rotatable bonds is 28. The maximum Gasteiger partial charge on any atom is 0.119 e. The van der Waals surface area contributed by atoms with Crippen LogP contribution in [0, 0.1) is 0 Å². The Morgan fingerprint density at radius 3 is 1.06 bits per heavy atom. The molecule has 260 valence electrons. The van der Waals surface area contributed by atoms with Crippen LogP contribution in [0.15, 0.2) is 72.8 Å². The maximum atomic E-state index is 8.85. The van der Waals surface area contributed by atoms with Crippen molar-refractivity contribution in [1.82, 2.24) is 0 Å². The van der Waals surface area contributed by atoms with Gasteiger partial charge in [-0.2, -0.15) is 0 Å². The summed E-state index contributed by atoms with van der Waals surface area (Å²) in [7, 11) is 0. The van der Waals surface area contributed by atoms with Crippen molar-refractivity contribution in [3.63, 3.8) is 0 Å². The zero-order valence-corrected chi connectivity index (χ0v) is 29.5. The normalized spacial score (nSPS) is 11.9. The van der Waals surface area contributed by atoms with Gasteiger partial charge in [0.2, 0.25) is 0 Å². The Hall–Kier alpha value is -2.82. The van der Waals surface area contributed by atoms with Crippen molar-refractivity contribution in [2.75, 3.05) is 26.4 Å². The Morgan fingerprint density at radius 2 is 0.702 bits per heavy atom. The molecule has 0 aliphatic carbocycles. The molecule has 3 aromatic rings. The lowest BCUT2D eigenvalue weighted by molar-refractivity contribution is 0.282. The van der Waals surface area contributed by atoms with Crippen molar-refractivity contribution in [2.45, 2.75) is 135 Å². The third-order valence-corrected chi connectivity index (χ3v) is 9.33. The van der Waals surface area contributed by atoms with E-state index in [1.54, 1.807) is 0 Å². The molecule has 0 saturated carbocycles. The van der Waals surface area contributed by atoms with Gasteiger partial charge in [-0.25, -0.2) is 0 Å². The molecule has 0 amide bonds. The van der Waals surface area contributed by atoms with Crippen molar-refractivity contribution in [3.8, 4) is 22.6 Å². The molecular formula is C43H64O4. The van der Waals surface area contributed by atoms with E-state index in [0.29, 0.717) is 19.1 Å². The van der Waals surface area contributed by atoms with E-state index >= 15 is 0 Å². The summed E-state index contributed by atoms with van der Waals surface area (Å²) in [5.41, 5.74) is 5.13. The Bertz CT molecular complexity index is 1140. The predicted octanol–water partition coefficient (Wildman–Crippen LogP) is 11.7. The summed E-state index contributed by atoms with van der Waals surface area (Å²) < 4.78 is 12.1. The smallest absolute Gasteiger partial charge is 0.119 e. The van der Waals surface area contributed by atoms with Crippen LogP contribution in [0.2, 0.25) is 0 Å². The van der Waals surface area contributed by atoms with Crippen LogP contribution >= 0.6 is 0 Å². The van der Waals surface area contributed by atoms with Gasteiger partial charge in [0, 0.05) is 19.1 Å². The van der Waals surface area contributed by atoms with E-state index in [2.05, 4.69) is 79.7 Å². The Balaban J connectivity index is 1.33. The highest BCUT2D eigenvalue weighted by atomic mass is 16.5. The molecule has 3 rings (SSSR count). The van der Waals surface area contributed by atoms with Crippen LogP contribution in [0.1, 0.15) is 146 Å². The SMILES string of the molecule is CCC(c1ccc(OCCCCCCCCCCCO)cc1)c1ccc(-c2ccc(OCCCCCCCCCCCO)cc2)cc1. The van der Waals surface area contributed by atoms with Gasteiger partial charge in [-0.05, 0) is 78.6 Å². The lowest BCUT2D eigenvalue weighted by atomic mass is 9.88. The molecule has 47 heavy (non-hydrogen) atoms. The van der Waals surface area contributed by atoms with Gasteiger partial charge in [-0.3, -0.25) is 0 Å². The summed E-state index contributed by atoms with van der Waals surface area (Å²) in [6, 6.07) is 26.3. The molecule has 1 unspecified atom stereocenters. The molecule has 0 aliphatic heterocycles. The van der Waals surface area contributed by atoms with Crippen LogP contribution in [0.25, 0.3) is 11.1 Å². The van der Waals surface area contributed by atoms with Crippen molar-refractivity contribution >= 4 is 0 Å². The van der Waals surface area contributed by atoms with Gasteiger partial charge < -0.3 is 19.7 Å². The number of aliphatic hydroxyl groups excluding tert-OH is 2. The maximum absolute atomic E-state index is 8.85. The number of hydrogen-bond acceptors (Lipinski definition) is 4. The van der Waals surface area contributed by atoms with Crippen LogP contribution in [-0.2, 0) is 0 Å². The third-order valence-electron chi connectivity index (χ3n) is 9.33. The highest BCUT2D eigenvalue weighted by Gasteiger charge is 2.13. The van der Waals surface area contributed by atoms with E-state index in [1.165, 1.54) is 99.3 Å². The van der Waals surface area contributed by atoms with Crippen LogP contribution < -0.4 is 9.47 Å². The highest BCUT2D eigenvalue weighted by Crippen LogP contribution is 2.31. The molecule has 0 radical (unpaired) electrons. The summed E-state index contributed by atoms with van der Waals surface area (Å²) in [6.07, 6.45) is 22.9. The van der Waals surface area contributed by atoms with Crippen LogP contribution in [0.4, 0.5) is 0 Å². The number of ether oxygens (including phenoxy) is 2. The van der Waals surface area contributed by atoms with E-state index in [9.17, 15) is 0 Å². The van der Waals surface area contributed by atoms with Crippen LogP contribution in [0.5, 0.6) is 11.5 Å². The first-order chi connectivity index (χ1) is 23.2. The van der Waals surface area contributed by atoms with E-state index in [0.717, 1.165) is 69.7 Å². The van der Waals surface area contributed by atoms with Gasteiger partial charge in [-0.1, -0.05) is 145 Å². The molecular weight excluding hydrogens is 580 g/mol. The van der Waals surface area contributed by atoms with Gasteiger partial charge in [0.05, 0.1) is 13.2 Å². The third kappa shape index (κ3) is 16.2. The lowest BCUT2D eigenvalue weighted by Gasteiger charge is -2.17. The van der Waals surface area contributed by atoms with Crippen molar-refractivity contribution in [2.24, 2.45) is 0 Å². The van der Waals surface area contributed by atoms with Crippen molar-refractivity contribution in [1.29, 1.82) is 0 Å². The lowest BCUT2D eigenvalue weighted by Crippen LogP contribution is -2.01. The minimum absolute atomic E-state index is 0.332. The second-order valence-corrected chi connectivity index (χ2v) is 13.2. The molecule has 0 fully saturated rings. The number of hydrogen-bond donors (Lipinski definition) is 2. The Morgan fingerprint density at radius 1 is 0.404 bits per heavy atom. The van der Waals surface area contributed by atoms with Gasteiger partial charge in [-0.15, -0.1) is 0 Å². The minimum atomic E-state index is 0.332. The summed E-state index contributed by atoms with van der Waals surface area (Å²) in [5.74, 6) is 2.28. The fourth-order valence-corrected chi connectivity index (χ4v) is 6.39. The average Bonchev–Trinajstić information content (AvgIpc) is 3.11. The molecule has 0 heterocycles. The molecule has 0 aromatic heterocycles. The number of benzene rings is 3. The Labute approximate surface area is 286 Å². The first-order valence-electron chi connectivity index (χ1n) is 19.0. The number of unbranched alkanes of at least 4 members (excludes halogenated alkanes) is 16. The molecule has 0 spiro atoms. The zero-order chi connectivity index (χ0) is 33.2. The van der Waals surface area contributed by atoms with Crippen LogP contribution in [0.3, 0.4) is 0 Å². The summed E-state index contributed by atoms with van der Waals surface area (Å²) in [5, 5.41) is 17.7. The fraction of sp³-hybridized carbons (Fsp3) is 0.581. The second kappa shape index (κ2) is 25.2. The van der Waals surface area contributed by atoms with Gasteiger partial charge in [0.15, 0.2) is 0 Å². The predicted molar refractivity (Wildman–Crippen MR) is 199 cm³/mol. The Kier molecular flexibility index (Phi) is 20.7. The quantitative estimate of drug-likeness (QED) is 0.0772. The molecule has 2 N–H and O–H groups in total. The van der Waals surface area contributed by atoms with E-state index in [4.69, 9.17) is 19.7 Å². The molecule has 0 aliphatic rings. The summed E-state index contributed by atoms with van der Waals surface area (Å²) in [4.78, 5) is 0. The first kappa shape index (κ1) is 38.6. The topological polar surface area (TPSA) is 58.9 Å². The number of aliphatic hydroxyl groups is 2. The summed E-state index contributed by atoms with van der Waals surface area (Å²) >= 11 is 0. The monoisotopic (exact) mass is 644 g/mol. The highest BCUT2D eigenvalue weighted by molar-refractivity contribution is 5.64. The van der Waals surface area contributed by atoms with Crippen molar-refractivity contribution < 1.29 is 19.7 Å². The molecule has 4 nitrogen and oxygen atoms in total. The van der Waals surface area contributed by atoms with E-state index in [-0.39, 0.29) is 0 Å². The van der Waals surface area contributed by atoms with E-state index < -0.39 is 0 Å². The first-order valence-corrected chi connectivity index (χ1v) is 19.0. The van der Waals surface area contributed by atoms with Gasteiger partial charge in [0.1, 0.15) is 11.5 Å². The molecule has 0 bridgehead atoms. The van der Waals surface area contributed by atoms with Gasteiger partial charge in [0.25, 0.3) is 0 Å². The molecule has 3 aromatic carbocycles. The largest absolute Gasteiger partial charge is 0.494 e. The van der Waals surface area contributed by atoms with E-state index in [1.807, 2.05) is 0 Å². The standard InChI is InChI=1S/C43H64O4/c1-2-43(40-27-31-42(32-28-40)47-36-20-16-12-8-4-6-10-14-18-34-45)39-23-21-37(22-24-39)38-25-29-41(30-26-38)46-35-19-15-11-7-3-5-9-13-17-33-44/h21-32,43-45H,2-20,33-36H2,1H3. The van der Waals surface area contributed by atoms with Crippen molar-refractivity contribution in [3.05, 3.63) is 83.9 Å². The molecule has 0 saturated heterocycles. The van der Waals surface area contributed by atoms with Crippen LogP contribution in [-0.4, -0.2) is 36.6 Å². The molecule has 4 heteroatoms. The fourth-order valence-electron chi connectivity index (χ4n) is 6.39. The second-order valence-electron chi connectivity index (χ2n) is 13.2.